The third kappa shape index (κ3) is 5.49. The van der Waals surface area contributed by atoms with Crippen LogP contribution in [-0.2, 0) is 14.3 Å². The predicted molar refractivity (Wildman–Crippen MR) is 124 cm³/mol. The molecule has 2 fully saturated rings. The molecule has 0 unspecified atom stereocenters. The van der Waals surface area contributed by atoms with Crippen LogP contribution >= 0.6 is 0 Å². The molecule has 4 rings (SSSR count). The van der Waals surface area contributed by atoms with Gasteiger partial charge < -0.3 is 25.0 Å². The highest BCUT2D eigenvalue weighted by atomic mass is 16.5. The van der Waals surface area contributed by atoms with Crippen LogP contribution in [0.1, 0.15) is 68.6 Å². The summed E-state index contributed by atoms with van der Waals surface area (Å²) in [7, 11) is 1.79. The Morgan fingerprint density at radius 3 is 2.67 bits per heavy atom. The van der Waals surface area contributed by atoms with Gasteiger partial charge in [-0.2, -0.15) is 0 Å². The maximum atomic E-state index is 13.3. The van der Waals surface area contributed by atoms with Gasteiger partial charge in [-0.1, -0.05) is 19.3 Å². The van der Waals surface area contributed by atoms with Gasteiger partial charge in [-0.05, 0) is 50.8 Å². The van der Waals surface area contributed by atoms with Crippen LogP contribution in [0.15, 0.2) is 18.2 Å². The van der Waals surface area contributed by atoms with Crippen LogP contribution in [0.5, 0.6) is 5.75 Å². The van der Waals surface area contributed by atoms with E-state index in [1.54, 1.807) is 30.1 Å². The average molecular weight is 458 g/mol. The van der Waals surface area contributed by atoms with Crippen molar-refractivity contribution in [1.29, 1.82) is 0 Å². The van der Waals surface area contributed by atoms with Gasteiger partial charge in [0.1, 0.15) is 18.5 Å². The lowest BCUT2D eigenvalue weighted by molar-refractivity contribution is -0.134. The van der Waals surface area contributed by atoms with E-state index in [1.807, 2.05) is 6.92 Å². The third-order valence-electron chi connectivity index (χ3n) is 7.04. The summed E-state index contributed by atoms with van der Waals surface area (Å²) in [6.45, 7) is 2.79. The van der Waals surface area contributed by atoms with Gasteiger partial charge in [0.25, 0.3) is 5.91 Å². The van der Waals surface area contributed by atoms with E-state index in [2.05, 4.69) is 10.6 Å². The fourth-order valence-electron chi connectivity index (χ4n) is 5.19. The van der Waals surface area contributed by atoms with Gasteiger partial charge in [0, 0.05) is 25.2 Å². The summed E-state index contributed by atoms with van der Waals surface area (Å²) in [6, 6.07) is 5.12. The summed E-state index contributed by atoms with van der Waals surface area (Å²) in [5.41, 5.74) is 1.07. The Morgan fingerprint density at radius 1 is 1.12 bits per heavy atom. The molecule has 3 aliphatic rings. The molecule has 2 heterocycles. The molecule has 1 aliphatic carbocycles. The van der Waals surface area contributed by atoms with Crippen molar-refractivity contribution in [2.75, 3.05) is 25.5 Å². The highest BCUT2D eigenvalue weighted by Gasteiger charge is 2.39. The maximum Gasteiger partial charge on any atom is 0.257 e. The first-order valence-electron chi connectivity index (χ1n) is 12.2. The van der Waals surface area contributed by atoms with E-state index in [9.17, 15) is 14.4 Å². The van der Waals surface area contributed by atoms with Crippen LogP contribution in [0.3, 0.4) is 0 Å². The van der Waals surface area contributed by atoms with Gasteiger partial charge in [0.05, 0.1) is 24.1 Å². The molecule has 0 bridgehead atoms. The standard InChI is InChI=1S/C25H35N3O5/c1-3-26-23(29)14-18-10-11-20-22(33-18)15-32-21-12-9-17(13-19(21)25(31)28(20)2)27-24(30)16-7-5-4-6-8-16/h9,12-13,16,18,20,22H,3-8,10-11,14-15H2,1-2H3,(H,26,29)(H,27,30)/t18-,20-,22+/m0/s1. The maximum absolute atomic E-state index is 13.3. The minimum atomic E-state index is -0.300. The molecule has 33 heavy (non-hydrogen) atoms. The summed E-state index contributed by atoms with van der Waals surface area (Å²) in [5.74, 6) is 0.379. The van der Waals surface area contributed by atoms with Gasteiger partial charge in [0.2, 0.25) is 11.8 Å². The number of nitrogens with one attached hydrogen (secondary N) is 2. The van der Waals surface area contributed by atoms with Gasteiger partial charge in [-0.25, -0.2) is 0 Å². The van der Waals surface area contributed by atoms with E-state index < -0.39 is 0 Å². The number of carbonyl (C=O) groups is 3. The summed E-state index contributed by atoms with van der Waals surface area (Å²) in [6.07, 6.45) is 6.51. The van der Waals surface area contributed by atoms with Crippen molar-refractivity contribution < 1.29 is 23.9 Å². The molecule has 1 saturated heterocycles. The first-order chi connectivity index (χ1) is 16.0. The number of anilines is 1. The van der Waals surface area contributed by atoms with Crippen molar-refractivity contribution in [3.8, 4) is 5.75 Å². The number of nitrogens with zero attached hydrogens (tertiary/aromatic N) is 1. The minimum Gasteiger partial charge on any atom is -0.490 e. The molecule has 1 aromatic carbocycles. The molecule has 8 heteroatoms. The summed E-state index contributed by atoms with van der Waals surface area (Å²) < 4.78 is 12.2. The molecule has 0 spiro atoms. The molecular weight excluding hydrogens is 422 g/mol. The normalized spacial score (nSPS) is 25.7. The molecule has 1 aromatic rings. The number of rotatable bonds is 5. The van der Waals surface area contributed by atoms with E-state index in [1.165, 1.54) is 6.42 Å². The first kappa shape index (κ1) is 23.5. The number of amides is 3. The summed E-state index contributed by atoms with van der Waals surface area (Å²) >= 11 is 0. The topological polar surface area (TPSA) is 97.0 Å². The Labute approximate surface area is 195 Å². The zero-order valence-corrected chi connectivity index (χ0v) is 19.6. The SMILES string of the molecule is CCNC(=O)C[C@@H]1CC[C@H]2[C@@H](COc3ccc(NC(=O)C4CCCCC4)cc3C(=O)N2C)O1. The van der Waals surface area contributed by atoms with E-state index in [0.717, 1.165) is 32.1 Å². The van der Waals surface area contributed by atoms with Crippen molar-refractivity contribution in [2.45, 2.75) is 76.5 Å². The number of likely N-dealkylation sites (N-methyl/N-ethyl adjacent to an activating group) is 1. The van der Waals surface area contributed by atoms with Crippen LogP contribution in [0, 0.1) is 5.92 Å². The molecule has 0 radical (unpaired) electrons. The highest BCUT2D eigenvalue weighted by Crippen LogP contribution is 2.33. The number of fused-ring (bicyclic) bond motifs is 2. The average Bonchev–Trinajstić information content (AvgIpc) is 2.82. The van der Waals surface area contributed by atoms with Gasteiger partial charge in [-0.15, -0.1) is 0 Å². The molecule has 180 valence electrons. The number of hydrogen-bond acceptors (Lipinski definition) is 5. The van der Waals surface area contributed by atoms with Crippen LogP contribution in [0.4, 0.5) is 5.69 Å². The Morgan fingerprint density at radius 2 is 1.91 bits per heavy atom. The number of benzene rings is 1. The van der Waals surface area contributed by atoms with E-state index >= 15 is 0 Å². The molecule has 2 aliphatic heterocycles. The number of ether oxygens (including phenoxy) is 2. The van der Waals surface area contributed by atoms with E-state index in [4.69, 9.17) is 9.47 Å². The van der Waals surface area contributed by atoms with Gasteiger partial charge in [0.15, 0.2) is 0 Å². The molecule has 8 nitrogen and oxygen atoms in total. The van der Waals surface area contributed by atoms with E-state index in [0.29, 0.717) is 43.0 Å². The fourth-order valence-corrected chi connectivity index (χ4v) is 5.19. The Bertz CT molecular complexity index is 883. The quantitative estimate of drug-likeness (QED) is 0.708. The Hall–Kier alpha value is -2.61. The monoisotopic (exact) mass is 457 g/mol. The van der Waals surface area contributed by atoms with Crippen molar-refractivity contribution in [3.63, 3.8) is 0 Å². The second-order valence-corrected chi connectivity index (χ2v) is 9.36. The Balaban J connectivity index is 1.46. The van der Waals surface area contributed by atoms with Crippen LogP contribution in [-0.4, -0.2) is 61.1 Å². The lowest BCUT2D eigenvalue weighted by Crippen LogP contribution is -2.54. The molecular formula is C25H35N3O5. The van der Waals surface area contributed by atoms with Crippen molar-refractivity contribution in [1.82, 2.24) is 10.2 Å². The molecule has 0 aromatic heterocycles. The largest absolute Gasteiger partial charge is 0.490 e. The van der Waals surface area contributed by atoms with Crippen LogP contribution < -0.4 is 15.4 Å². The predicted octanol–water partition coefficient (Wildman–Crippen LogP) is 3.11. The number of carbonyl (C=O) groups excluding carboxylic acids is 3. The summed E-state index contributed by atoms with van der Waals surface area (Å²) in [5, 5.41) is 5.81. The zero-order valence-electron chi connectivity index (χ0n) is 19.6. The molecule has 2 N–H and O–H groups in total. The molecule has 3 amide bonds. The first-order valence-corrected chi connectivity index (χ1v) is 12.2. The lowest BCUT2D eigenvalue weighted by Gasteiger charge is -2.42. The van der Waals surface area contributed by atoms with Crippen molar-refractivity contribution in [2.24, 2.45) is 5.92 Å². The minimum absolute atomic E-state index is 0.0229. The van der Waals surface area contributed by atoms with Crippen molar-refractivity contribution in [3.05, 3.63) is 23.8 Å². The molecule has 3 atom stereocenters. The van der Waals surface area contributed by atoms with E-state index in [-0.39, 0.29) is 41.9 Å². The lowest BCUT2D eigenvalue weighted by atomic mass is 9.88. The van der Waals surface area contributed by atoms with Crippen LogP contribution in [0.2, 0.25) is 0 Å². The van der Waals surface area contributed by atoms with Gasteiger partial charge >= 0.3 is 0 Å². The molecule has 1 saturated carbocycles. The number of hydrogen-bond donors (Lipinski definition) is 2. The Kier molecular flexibility index (Phi) is 7.53. The van der Waals surface area contributed by atoms with Gasteiger partial charge in [-0.3, -0.25) is 14.4 Å². The zero-order chi connectivity index (χ0) is 23.4. The fraction of sp³-hybridized carbons (Fsp3) is 0.640. The third-order valence-corrected chi connectivity index (χ3v) is 7.04. The summed E-state index contributed by atoms with van der Waals surface area (Å²) in [4.78, 5) is 39.7. The van der Waals surface area contributed by atoms with Crippen LogP contribution in [0.25, 0.3) is 0 Å². The second-order valence-electron chi connectivity index (χ2n) is 9.36. The smallest absolute Gasteiger partial charge is 0.257 e. The highest BCUT2D eigenvalue weighted by molar-refractivity contribution is 6.00. The van der Waals surface area contributed by atoms with Crippen molar-refractivity contribution >= 4 is 23.4 Å². The second kappa shape index (κ2) is 10.5.